The van der Waals surface area contributed by atoms with Gasteiger partial charge in [0.15, 0.2) is 0 Å². The van der Waals surface area contributed by atoms with E-state index in [1.807, 2.05) is 11.8 Å². The number of hydrogen-bond acceptors (Lipinski definition) is 3. The van der Waals surface area contributed by atoms with Crippen molar-refractivity contribution in [2.45, 2.75) is 11.3 Å². The molecule has 2 rings (SSSR count). The van der Waals surface area contributed by atoms with Crippen molar-refractivity contribution in [2.75, 3.05) is 18.1 Å². The van der Waals surface area contributed by atoms with Gasteiger partial charge in [-0.25, -0.2) is 17.5 Å². The second kappa shape index (κ2) is 5.90. The number of sulfonamides is 1. The molecule has 1 heterocycles. The molecule has 1 aromatic rings. The van der Waals surface area contributed by atoms with E-state index in [-0.39, 0.29) is 9.37 Å². The second-order valence-electron chi connectivity index (χ2n) is 4.16. The minimum atomic E-state index is -3.61. The summed E-state index contributed by atoms with van der Waals surface area (Å²) in [6.45, 7) is 0.424. The molecule has 1 atom stereocenters. The van der Waals surface area contributed by atoms with E-state index in [2.05, 4.69) is 20.7 Å². The van der Waals surface area contributed by atoms with Crippen molar-refractivity contribution in [3.63, 3.8) is 0 Å². The molecule has 7 heteroatoms. The van der Waals surface area contributed by atoms with Gasteiger partial charge in [0.1, 0.15) is 5.82 Å². The number of benzene rings is 1. The Balaban J connectivity index is 2.07. The van der Waals surface area contributed by atoms with Gasteiger partial charge in [0, 0.05) is 6.54 Å². The fraction of sp³-hybridized carbons (Fsp3) is 0.455. The molecule has 0 radical (unpaired) electrons. The normalized spacial score (nSPS) is 20.2. The zero-order valence-electron chi connectivity index (χ0n) is 9.53. The summed E-state index contributed by atoms with van der Waals surface area (Å²) in [5.74, 6) is 1.87. The fourth-order valence-corrected chi connectivity index (χ4v) is 4.36. The molecule has 1 unspecified atom stereocenters. The minimum Gasteiger partial charge on any atom is -0.211 e. The number of halogens is 2. The maximum atomic E-state index is 13.3. The number of thioether (sulfide) groups is 1. The molecule has 3 nitrogen and oxygen atoms in total. The molecule has 1 fully saturated rings. The van der Waals surface area contributed by atoms with Gasteiger partial charge in [-0.3, -0.25) is 0 Å². The molecule has 0 aromatic heterocycles. The highest BCUT2D eigenvalue weighted by Gasteiger charge is 2.20. The lowest BCUT2D eigenvalue weighted by molar-refractivity contribution is 0.544. The van der Waals surface area contributed by atoms with E-state index in [1.165, 1.54) is 12.1 Å². The van der Waals surface area contributed by atoms with Crippen LogP contribution in [0, 0.1) is 11.7 Å². The lowest BCUT2D eigenvalue weighted by Crippen LogP contribution is -2.29. The molecule has 0 spiro atoms. The quantitative estimate of drug-likeness (QED) is 0.904. The van der Waals surface area contributed by atoms with Crippen LogP contribution in [-0.4, -0.2) is 26.5 Å². The van der Waals surface area contributed by atoms with Crippen LogP contribution in [0.2, 0.25) is 0 Å². The molecule has 0 saturated carbocycles. The zero-order chi connectivity index (χ0) is 13.2. The minimum absolute atomic E-state index is 0.0335. The highest BCUT2D eigenvalue weighted by atomic mass is 79.9. The number of rotatable bonds is 4. The lowest BCUT2D eigenvalue weighted by atomic mass is 10.1. The molecule has 1 N–H and O–H groups in total. The van der Waals surface area contributed by atoms with Gasteiger partial charge in [0.2, 0.25) is 10.0 Å². The Hall–Kier alpha value is -0.110. The Labute approximate surface area is 119 Å². The summed E-state index contributed by atoms with van der Waals surface area (Å²) in [7, 11) is -3.61. The molecular weight excluding hydrogens is 341 g/mol. The van der Waals surface area contributed by atoms with Crippen molar-refractivity contribution in [3.05, 3.63) is 28.5 Å². The van der Waals surface area contributed by atoms with Gasteiger partial charge in [-0.2, -0.15) is 11.8 Å². The Morgan fingerprint density at radius 1 is 1.50 bits per heavy atom. The molecule has 1 aliphatic rings. The molecule has 18 heavy (non-hydrogen) atoms. The molecule has 0 aliphatic carbocycles. The Kier molecular flexibility index (Phi) is 4.69. The number of hydrogen-bond donors (Lipinski definition) is 1. The Bertz CT molecular complexity index is 530. The van der Waals surface area contributed by atoms with E-state index in [0.717, 1.165) is 24.0 Å². The van der Waals surface area contributed by atoms with Gasteiger partial charge in [-0.1, -0.05) is 0 Å². The van der Waals surface area contributed by atoms with Crippen LogP contribution in [0.25, 0.3) is 0 Å². The predicted octanol–water partition coefficient (Wildman–Crippen LogP) is 2.62. The zero-order valence-corrected chi connectivity index (χ0v) is 12.7. The first-order valence-electron chi connectivity index (χ1n) is 5.51. The van der Waals surface area contributed by atoms with Crippen LogP contribution in [-0.2, 0) is 10.0 Å². The second-order valence-corrected chi connectivity index (χ2v) is 7.93. The van der Waals surface area contributed by atoms with Gasteiger partial charge < -0.3 is 0 Å². The summed E-state index contributed by atoms with van der Waals surface area (Å²) in [5.41, 5.74) is 0. The molecular formula is C11H13BrFNO2S2. The van der Waals surface area contributed by atoms with Crippen LogP contribution in [0.3, 0.4) is 0 Å². The Morgan fingerprint density at radius 2 is 2.28 bits per heavy atom. The summed E-state index contributed by atoms with van der Waals surface area (Å²) >= 11 is 4.83. The largest absolute Gasteiger partial charge is 0.240 e. The van der Waals surface area contributed by atoms with Crippen molar-refractivity contribution in [1.29, 1.82) is 0 Å². The predicted molar refractivity (Wildman–Crippen MR) is 74.7 cm³/mol. The van der Waals surface area contributed by atoms with E-state index in [1.54, 1.807) is 0 Å². The maximum Gasteiger partial charge on any atom is 0.240 e. The van der Waals surface area contributed by atoms with Crippen LogP contribution in [0.15, 0.2) is 27.6 Å². The average Bonchev–Trinajstić information content (AvgIpc) is 2.83. The lowest BCUT2D eigenvalue weighted by Gasteiger charge is -2.11. The van der Waals surface area contributed by atoms with Crippen LogP contribution >= 0.6 is 27.7 Å². The van der Waals surface area contributed by atoms with Crippen molar-refractivity contribution in [3.8, 4) is 0 Å². The summed E-state index contributed by atoms with van der Waals surface area (Å²) in [5, 5.41) is 0. The summed E-state index contributed by atoms with van der Waals surface area (Å²) in [6.07, 6.45) is 1.03. The summed E-state index contributed by atoms with van der Waals surface area (Å²) in [6, 6.07) is 3.81. The summed E-state index contributed by atoms with van der Waals surface area (Å²) < 4.78 is 40.0. The third-order valence-electron chi connectivity index (χ3n) is 2.79. The number of nitrogens with one attached hydrogen (secondary N) is 1. The fourth-order valence-electron chi connectivity index (χ4n) is 1.70. The van der Waals surface area contributed by atoms with Crippen molar-refractivity contribution in [2.24, 2.45) is 5.92 Å². The van der Waals surface area contributed by atoms with E-state index in [9.17, 15) is 12.8 Å². The van der Waals surface area contributed by atoms with Crippen LogP contribution < -0.4 is 4.72 Å². The maximum absolute atomic E-state index is 13.3. The van der Waals surface area contributed by atoms with E-state index >= 15 is 0 Å². The van der Waals surface area contributed by atoms with Crippen molar-refractivity contribution >= 4 is 37.7 Å². The summed E-state index contributed by atoms with van der Waals surface area (Å²) in [4.78, 5) is -0.0335. The third kappa shape index (κ3) is 3.46. The monoisotopic (exact) mass is 353 g/mol. The highest BCUT2D eigenvalue weighted by Crippen LogP contribution is 2.23. The van der Waals surface area contributed by atoms with E-state index in [4.69, 9.17) is 0 Å². The van der Waals surface area contributed by atoms with Crippen LogP contribution in [0.4, 0.5) is 4.39 Å². The van der Waals surface area contributed by atoms with Crippen LogP contribution in [0.1, 0.15) is 6.42 Å². The van der Waals surface area contributed by atoms with Crippen molar-refractivity contribution in [1.82, 2.24) is 4.72 Å². The highest BCUT2D eigenvalue weighted by molar-refractivity contribution is 9.10. The van der Waals surface area contributed by atoms with Gasteiger partial charge >= 0.3 is 0 Å². The first-order valence-corrected chi connectivity index (χ1v) is 8.94. The molecule has 1 aromatic carbocycles. The van der Waals surface area contributed by atoms with Gasteiger partial charge in [0.25, 0.3) is 0 Å². The van der Waals surface area contributed by atoms with E-state index in [0.29, 0.717) is 12.5 Å². The van der Waals surface area contributed by atoms with Gasteiger partial charge in [-0.05, 0) is 58.0 Å². The molecule has 100 valence electrons. The van der Waals surface area contributed by atoms with E-state index < -0.39 is 15.8 Å². The first kappa shape index (κ1) is 14.3. The Morgan fingerprint density at radius 3 is 2.89 bits per heavy atom. The van der Waals surface area contributed by atoms with Crippen LogP contribution in [0.5, 0.6) is 0 Å². The average molecular weight is 354 g/mol. The molecule has 1 saturated heterocycles. The molecule has 1 aliphatic heterocycles. The first-order chi connectivity index (χ1) is 8.49. The topological polar surface area (TPSA) is 46.2 Å². The smallest absolute Gasteiger partial charge is 0.211 e. The SMILES string of the molecule is O=S(=O)(NCC1CCSC1)c1ccc(Br)c(F)c1. The molecule has 0 bridgehead atoms. The standard InChI is InChI=1S/C11H13BrFNO2S2/c12-10-2-1-9(5-11(10)13)18(15,16)14-6-8-3-4-17-7-8/h1-2,5,8,14H,3-4,6-7H2. The third-order valence-corrected chi connectivity index (χ3v) is 6.08. The van der Waals surface area contributed by atoms with Crippen molar-refractivity contribution < 1.29 is 12.8 Å². The molecule has 0 amide bonds. The van der Waals surface area contributed by atoms with Gasteiger partial charge in [-0.15, -0.1) is 0 Å². The van der Waals surface area contributed by atoms with Gasteiger partial charge in [0.05, 0.1) is 9.37 Å².